The lowest BCUT2D eigenvalue weighted by molar-refractivity contribution is 0.298. The Morgan fingerprint density at radius 1 is 0.821 bits per heavy atom. The molecule has 0 aliphatic rings. The number of aliphatic hydroxyl groups excluding tert-OH is 1. The van der Waals surface area contributed by atoms with Gasteiger partial charge in [0.25, 0.3) is 0 Å². The van der Waals surface area contributed by atoms with Crippen LogP contribution < -0.4 is 10.7 Å². The third-order valence-electron chi connectivity index (χ3n) is 5.71. The zero-order valence-electron chi connectivity index (χ0n) is 20.7. The number of pyridine rings is 2. The Kier molecular flexibility index (Phi) is 7.75. The number of rotatable bonds is 9. The highest BCUT2D eigenvalue weighted by Gasteiger charge is 2.10. The number of anilines is 3. The fraction of sp³-hybridized carbons (Fsp3) is 0.0690. The van der Waals surface area contributed by atoms with Gasteiger partial charge in [-0.2, -0.15) is 5.10 Å². The van der Waals surface area contributed by atoms with Crippen LogP contribution in [-0.4, -0.2) is 43.0 Å². The maximum Gasteiger partial charge on any atom is 0.244 e. The van der Waals surface area contributed by atoms with E-state index in [4.69, 9.17) is 5.11 Å². The minimum absolute atomic E-state index is 0.00924. The van der Waals surface area contributed by atoms with Crippen molar-refractivity contribution < 1.29 is 14.6 Å². The highest BCUT2D eigenvalue weighted by molar-refractivity contribution is 5.78. The summed E-state index contributed by atoms with van der Waals surface area (Å²) < 4.78 is 14.3. The molecule has 10 heteroatoms. The highest BCUT2D eigenvalue weighted by Crippen LogP contribution is 2.26. The van der Waals surface area contributed by atoms with Gasteiger partial charge in [-0.1, -0.05) is 24.3 Å². The van der Waals surface area contributed by atoms with E-state index in [0.717, 1.165) is 28.7 Å². The van der Waals surface area contributed by atoms with E-state index in [-0.39, 0.29) is 24.0 Å². The van der Waals surface area contributed by atoms with Crippen molar-refractivity contribution in [1.82, 2.24) is 19.9 Å². The zero-order valence-corrected chi connectivity index (χ0v) is 20.7. The first kappa shape index (κ1) is 25.4. The first-order valence-electron chi connectivity index (χ1n) is 12.1. The summed E-state index contributed by atoms with van der Waals surface area (Å²) in [7, 11) is 0. The molecule has 0 unspecified atom stereocenters. The Morgan fingerprint density at radius 3 is 2.36 bits per heavy atom. The smallest absolute Gasteiger partial charge is 0.244 e. The number of nitrogens with zero attached hydrogens (tertiary/aromatic N) is 5. The monoisotopic (exact) mass is 521 g/mol. The Labute approximate surface area is 223 Å². The summed E-state index contributed by atoms with van der Waals surface area (Å²) in [5.74, 6) is -0.234. The summed E-state index contributed by atoms with van der Waals surface area (Å²) in [6.45, 7) is -0.00924. The highest BCUT2D eigenvalue weighted by atomic mass is 19.1. The van der Waals surface area contributed by atoms with E-state index in [1.165, 1.54) is 12.4 Å². The van der Waals surface area contributed by atoms with Crippen molar-refractivity contribution in [3.05, 3.63) is 109 Å². The molecule has 0 amide bonds. The van der Waals surface area contributed by atoms with E-state index in [0.29, 0.717) is 23.4 Å². The van der Waals surface area contributed by atoms with Crippen molar-refractivity contribution >= 4 is 23.5 Å². The number of aromatic hydroxyl groups is 1. The maximum atomic E-state index is 14.3. The van der Waals surface area contributed by atoms with Gasteiger partial charge in [0.2, 0.25) is 5.95 Å². The molecule has 0 saturated carbocycles. The third-order valence-corrected chi connectivity index (χ3v) is 5.71. The van der Waals surface area contributed by atoms with Gasteiger partial charge in [-0.3, -0.25) is 9.97 Å². The Hall–Kier alpha value is -5.22. The number of benzene rings is 2. The average molecular weight is 522 g/mol. The van der Waals surface area contributed by atoms with Crippen molar-refractivity contribution in [1.29, 1.82) is 0 Å². The number of hydrazone groups is 1. The van der Waals surface area contributed by atoms with E-state index < -0.39 is 5.82 Å². The molecule has 0 saturated heterocycles. The van der Waals surface area contributed by atoms with E-state index in [1.54, 1.807) is 36.5 Å². The molecule has 0 radical (unpaired) electrons. The van der Waals surface area contributed by atoms with Crippen molar-refractivity contribution in [2.75, 3.05) is 17.3 Å². The summed E-state index contributed by atoms with van der Waals surface area (Å²) in [5, 5.41) is 26.1. The molecular weight excluding hydrogens is 497 g/mol. The number of nitrogens with one attached hydrogen (secondary N) is 2. The lowest BCUT2D eigenvalue weighted by atomic mass is 10.1. The number of hydrogen-bond donors (Lipinski definition) is 4. The second kappa shape index (κ2) is 11.9. The minimum atomic E-state index is -0.583. The van der Waals surface area contributed by atoms with Crippen molar-refractivity contribution in [2.24, 2.45) is 5.10 Å². The van der Waals surface area contributed by atoms with Crippen LogP contribution in [0.2, 0.25) is 0 Å². The van der Waals surface area contributed by atoms with Gasteiger partial charge in [0, 0.05) is 36.2 Å². The molecule has 0 aliphatic carbocycles. The zero-order chi connectivity index (χ0) is 27.0. The average Bonchev–Trinajstić information content (AvgIpc) is 2.96. The molecule has 2 aromatic carbocycles. The molecule has 39 heavy (non-hydrogen) atoms. The fourth-order valence-corrected chi connectivity index (χ4v) is 3.76. The second-order valence-electron chi connectivity index (χ2n) is 8.50. The summed E-state index contributed by atoms with van der Waals surface area (Å²) >= 11 is 0. The Balaban J connectivity index is 1.19. The van der Waals surface area contributed by atoms with Crippen LogP contribution in [-0.2, 0) is 6.42 Å². The van der Waals surface area contributed by atoms with Crippen LogP contribution >= 0.6 is 0 Å². The number of aromatic nitrogens is 4. The number of halogens is 1. The van der Waals surface area contributed by atoms with Crippen LogP contribution in [0.4, 0.5) is 21.7 Å². The molecule has 5 aromatic rings. The number of aliphatic hydroxyl groups is 1. The van der Waals surface area contributed by atoms with Crippen molar-refractivity contribution in [2.45, 2.75) is 6.42 Å². The van der Waals surface area contributed by atoms with Gasteiger partial charge >= 0.3 is 0 Å². The molecule has 3 aromatic heterocycles. The van der Waals surface area contributed by atoms with Crippen LogP contribution in [0, 0.1) is 5.82 Å². The van der Waals surface area contributed by atoms with Crippen molar-refractivity contribution in [3.63, 3.8) is 0 Å². The molecular formula is C29H24FN7O2. The van der Waals surface area contributed by atoms with Crippen LogP contribution in [0.5, 0.6) is 5.75 Å². The van der Waals surface area contributed by atoms with Gasteiger partial charge in [0.1, 0.15) is 11.4 Å². The van der Waals surface area contributed by atoms with Gasteiger partial charge in [-0.05, 0) is 59.7 Å². The van der Waals surface area contributed by atoms with E-state index in [2.05, 4.69) is 35.8 Å². The predicted octanol–water partition coefficient (Wildman–Crippen LogP) is 5.17. The molecule has 5 rings (SSSR count). The van der Waals surface area contributed by atoms with Crippen LogP contribution in [0.3, 0.4) is 0 Å². The fourth-order valence-electron chi connectivity index (χ4n) is 3.76. The Bertz CT molecular complexity index is 1580. The molecule has 0 atom stereocenters. The van der Waals surface area contributed by atoms with Crippen LogP contribution in [0.25, 0.3) is 22.4 Å². The summed E-state index contributed by atoms with van der Waals surface area (Å²) in [5.41, 5.74) is 8.21. The summed E-state index contributed by atoms with van der Waals surface area (Å²) in [4.78, 5) is 16.7. The molecule has 4 N–H and O–H groups in total. The van der Waals surface area contributed by atoms with Gasteiger partial charge in [0.15, 0.2) is 5.82 Å². The first-order chi connectivity index (χ1) is 19.1. The minimum Gasteiger partial charge on any atom is -0.508 e. The molecule has 0 fully saturated rings. The lowest BCUT2D eigenvalue weighted by Gasteiger charge is -2.08. The van der Waals surface area contributed by atoms with Crippen LogP contribution in [0.1, 0.15) is 11.4 Å². The topological polar surface area (TPSA) is 128 Å². The lowest BCUT2D eigenvalue weighted by Crippen LogP contribution is -2.01. The predicted molar refractivity (Wildman–Crippen MR) is 148 cm³/mol. The summed E-state index contributed by atoms with van der Waals surface area (Å²) in [6.07, 6.45) is 6.19. The molecule has 9 nitrogen and oxygen atoms in total. The normalized spacial score (nSPS) is 11.0. The molecule has 194 valence electrons. The number of phenols is 1. The van der Waals surface area contributed by atoms with E-state index >= 15 is 0 Å². The van der Waals surface area contributed by atoms with Gasteiger partial charge in [-0.15, -0.1) is 0 Å². The van der Waals surface area contributed by atoms with E-state index in [9.17, 15) is 9.50 Å². The van der Waals surface area contributed by atoms with E-state index in [1.807, 2.05) is 42.5 Å². The summed E-state index contributed by atoms with van der Waals surface area (Å²) in [6, 6.07) is 22.1. The number of hydrogen-bond acceptors (Lipinski definition) is 9. The first-order valence-corrected chi connectivity index (χ1v) is 12.1. The molecule has 0 aliphatic heterocycles. The standard InChI is InChI=1S/C29H24FN7O2/c30-27-18-33-29(36-28(27)21-6-7-22(12-13-38)31-15-21)37-34-17-24-10-11-25(16-32-24)35-23-8-4-19(5-9-23)20-2-1-3-26(39)14-20/h1-11,14-18,35,38-39H,12-13H2,(H,33,36,37)/b34-17+. The van der Waals surface area contributed by atoms with Gasteiger partial charge in [0.05, 0.1) is 30.0 Å². The quantitative estimate of drug-likeness (QED) is 0.155. The third kappa shape index (κ3) is 6.56. The van der Waals surface area contributed by atoms with Crippen molar-refractivity contribution in [3.8, 4) is 28.1 Å². The molecule has 0 spiro atoms. The molecule has 0 bridgehead atoms. The largest absolute Gasteiger partial charge is 0.508 e. The van der Waals surface area contributed by atoms with Gasteiger partial charge in [-0.25, -0.2) is 19.8 Å². The number of phenolic OH excluding ortho intramolecular Hbond substituents is 1. The second-order valence-corrected chi connectivity index (χ2v) is 8.50. The van der Waals surface area contributed by atoms with Gasteiger partial charge < -0.3 is 15.5 Å². The Morgan fingerprint density at radius 2 is 1.64 bits per heavy atom. The van der Waals surface area contributed by atoms with Crippen LogP contribution in [0.15, 0.2) is 96.5 Å². The maximum absolute atomic E-state index is 14.3. The SMILES string of the molecule is OCCc1ccc(-c2nc(N/N=C/c3ccc(Nc4ccc(-c5cccc(O)c5)cc4)cn3)ncc2F)cn1. The molecule has 3 heterocycles.